The number of aromatic nitrogens is 2. The molecule has 1 atom stereocenters. The molecule has 2 fully saturated rings. The van der Waals surface area contributed by atoms with Gasteiger partial charge in [-0.25, -0.2) is 4.98 Å². The Morgan fingerprint density at radius 1 is 1.18 bits per heavy atom. The van der Waals surface area contributed by atoms with Gasteiger partial charge in [-0.1, -0.05) is 6.07 Å². The van der Waals surface area contributed by atoms with E-state index in [4.69, 9.17) is 9.15 Å². The van der Waals surface area contributed by atoms with Gasteiger partial charge in [0, 0.05) is 30.8 Å². The Balaban J connectivity index is 1.41. The lowest BCUT2D eigenvalue weighted by molar-refractivity contribution is 0.0504. The SMILES string of the molecule is O=C(c1ccc2nc(C3CC3)oc2c1)N(Cc1ccccn1)CC1CCCO1. The van der Waals surface area contributed by atoms with Crippen LogP contribution in [0.5, 0.6) is 0 Å². The fourth-order valence-electron chi connectivity index (χ4n) is 3.70. The number of ether oxygens (including phenoxy) is 1. The molecule has 0 N–H and O–H groups in total. The highest BCUT2D eigenvalue weighted by Gasteiger charge is 2.29. The number of pyridine rings is 1. The van der Waals surface area contributed by atoms with Gasteiger partial charge in [0.15, 0.2) is 11.5 Å². The van der Waals surface area contributed by atoms with Gasteiger partial charge < -0.3 is 14.1 Å². The monoisotopic (exact) mass is 377 g/mol. The highest BCUT2D eigenvalue weighted by Crippen LogP contribution is 2.40. The third-order valence-electron chi connectivity index (χ3n) is 5.39. The van der Waals surface area contributed by atoms with Gasteiger partial charge in [0.1, 0.15) is 5.52 Å². The molecule has 1 saturated heterocycles. The minimum absolute atomic E-state index is 0.0348. The summed E-state index contributed by atoms with van der Waals surface area (Å²) in [7, 11) is 0. The van der Waals surface area contributed by atoms with Gasteiger partial charge in [-0.05, 0) is 56.0 Å². The fourth-order valence-corrected chi connectivity index (χ4v) is 3.70. The summed E-state index contributed by atoms with van der Waals surface area (Å²) >= 11 is 0. The van der Waals surface area contributed by atoms with Crippen molar-refractivity contribution in [2.75, 3.05) is 13.2 Å². The van der Waals surface area contributed by atoms with E-state index < -0.39 is 0 Å². The summed E-state index contributed by atoms with van der Waals surface area (Å²) < 4.78 is 11.7. The van der Waals surface area contributed by atoms with Crippen LogP contribution in [0.4, 0.5) is 0 Å². The van der Waals surface area contributed by atoms with Crippen molar-refractivity contribution in [3.8, 4) is 0 Å². The Hall–Kier alpha value is -2.73. The van der Waals surface area contributed by atoms with Gasteiger partial charge in [0.05, 0.1) is 18.3 Å². The molecule has 0 spiro atoms. The van der Waals surface area contributed by atoms with Crippen molar-refractivity contribution < 1.29 is 13.9 Å². The normalized spacial score (nSPS) is 19.2. The van der Waals surface area contributed by atoms with Crippen molar-refractivity contribution in [1.82, 2.24) is 14.9 Å². The summed E-state index contributed by atoms with van der Waals surface area (Å²) in [6.07, 6.45) is 6.14. The molecule has 2 aromatic heterocycles. The van der Waals surface area contributed by atoms with Gasteiger partial charge in [0.25, 0.3) is 5.91 Å². The van der Waals surface area contributed by atoms with Crippen LogP contribution in [0.1, 0.15) is 53.5 Å². The molecule has 2 aliphatic rings. The maximum atomic E-state index is 13.3. The number of hydrogen-bond donors (Lipinski definition) is 0. The van der Waals surface area contributed by atoms with Crippen molar-refractivity contribution in [3.05, 3.63) is 59.7 Å². The smallest absolute Gasteiger partial charge is 0.254 e. The van der Waals surface area contributed by atoms with Crippen LogP contribution in [0.2, 0.25) is 0 Å². The van der Waals surface area contributed by atoms with Gasteiger partial charge in [-0.3, -0.25) is 9.78 Å². The lowest BCUT2D eigenvalue weighted by Gasteiger charge is -2.25. The zero-order valence-corrected chi connectivity index (χ0v) is 15.7. The molecule has 28 heavy (non-hydrogen) atoms. The summed E-state index contributed by atoms with van der Waals surface area (Å²) in [5.74, 6) is 1.21. The molecular formula is C22H23N3O3. The molecule has 1 aliphatic heterocycles. The van der Waals surface area contributed by atoms with Gasteiger partial charge >= 0.3 is 0 Å². The summed E-state index contributed by atoms with van der Waals surface area (Å²) in [5.41, 5.74) is 2.97. The topological polar surface area (TPSA) is 68.5 Å². The second kappa shape index (κ2) is 7.36. The van der Waals surface area contributed by atoms with Gasteiger partial charge in [-0.2, -0.15) is 0 Å². The van der Waals surface area contributed by atoms with Crippen molar-refractivity contribution in [2.24, 2.45) is 0 Å². The Morgan fingerprint density at radius 2 is 2.11 bits per heavy atom. The summed E-state index contributed by atoms with van der Waals surface area (Å²) in [4.78, 5) is 24.1. The van der Waals surface area contributed by atoms with Crippen molar-refractivity contribution in [1.29, 1.82) is 0 Å². The molecule has 5 rings (SSSR count). The van der Waals surface area contributed by atoms with Crippen LogP contribution in [-0.2, 0) is 11.3 Å². The third kappa shape index (κ3) is 3.64. The number of benzene rings is 1. The first-order valence-electron chi connectivity index (χ1n) is 9.97. The minimum Gasteiger partial charge on any atom is -0.440 e. The second-order valence-electron chi connectivity index (χ2n) is 7.65. The number of rotatable bonds is 6. The van der Waals surface area contributed by atoms with Crippen LogP contribution in [0.3, 0.4) is 0 Å². The number of carbonyl (C=O) groups excluding carboxylic acids is 1. The molecule has 6 heteroatoms. The average molecular weight is 377 g/mol. The summed E-state index contributed by atoms with van der Waals surface area (Å²) in [6, 6.07) is 11.3. The van der Waals surface area contributed by atoms with E-state index in [0.29, 0.717) is 30.2 Å². The molecule has 1 saturated carbocycles. The Bertz CT molecular complexity index is 975. The minimum atomic E-state index is -0.0348. The van der Waals surface area contributed by atoms with Crippen LogP contribution in [-0.4, -0.2) is 40.0 Å². The van der Waals surface area contributed by atoms with Crippen LogP contribution in [0, 0.1) is 0 Å². The van der Waals surface area contributed by atoms with Crippen molar-refractivity contribution >= 4 is 17.0 Å². The molecule has 144 valence electrons. The Kier molecular flexibility index (Phi) is 4.56. The lowest BCUT2D eigenvalue weighted by Crippen LogP contribution is -2.37. The van der Waals surface area contributed by atoms with Crippen molar-refractivity contribution in [3.63, 3.8) is 0 Å². The van der Waals surface area contributed by atoms with Crippen LogP contribution >= 0.6 is 0 Å². The second-order valence-corrected chi connectivity index (χ2v) is 7.65. The maximum Gasteiger partial charge on any atom is 0.254 e. The quantitative estimate of drug-likeness (QED) is 0.651. The first-order valence-corrected chi connectivity index (χ1v) is 9.97. The molecule has 0 radical (unpaired) electrons. The van der Waals surface area contributed by atoms with E-state index in [0.717, 1.165) is 49.4 Å². The van der Waals surface area contributed by atoms with Crippen LogP contribution < -0.4 is 0 Å². The highest BCUT2D eigenvalue weighted by molar-refractivity contribution is 5.97. The molecule has 6 nitrogen and oxygen atoms in total. The predicted octanol–water partition coefficient (Wildman–Crippen LogP) is 3.92. The van der Waals surface area contributed by atoms with Crippen LogP contribution in [0.15, 0.2) is 47.0 Å². The summed E-state index contributed by atoms with van der Waals surface area (Å²) in [5, 5.41) is 0. The molecule has 1 amide bonds. The van der Waals surface area contributed by atoms with Crippen LogP contribution in [0.25, 0.3) is 11.1 Å². The zero-order valence-electron chi connectivity index (χ0n) is 15.7. The van der Waals surface area contributed by atoms with E-state index in [1.165, 1.54) is 0 Å². The van der Waals surface area contributed by atoms with E-state index in [9.17, 15) is 4.79 Å². The molecular weight excluding hydrogens is 354 g/mol. The Morgan fingerprint density at radius 3 is 2.86 bits per heavy atom. The van der Waals surface area contributed by atoms with Gasteiger partial charge in [-0.15, -0.1) is 0 Å². The van der Waals surface area contributed by atoms with E-state index in [2.05, 4.69) is 9.97 Å². The van der Waals surface area contributed by atoms with E-state index in [1.54, 1.807) is 6.20 Å². The zero-order chi connectivity index (χ0) is 18.9. The highest BCUT2D eigenvalue weighted by atomic mass is 16.5. The number of oxazole rings is 1. The molecule has 3 heterocycles. The number of amides is 1. The predicted molar refractivity (Wildman–Crippen MR) is 104 cm³/mol. The lowest BCUT2D eigenvalue weighted by atomic mass is 10.1. The van der Waals surface area contributed by atoms with E-state index in [1.807, 2.05) is 41.3 Å². The largest absolute Gasteiger partial charge is 0.440 e. The number of nitrogens with zero attached hydrogens (tertiary/aromatic N) is 3. The third-order valence-corrected chi connectivity index (χ3v) is 5.39. The maximum absolute atomic E-state index is 13.3. The number of fused-ring (bicyclic) bond motifs is 1. The molecule has 1 aromatic carbocycles. The number of hydrogen-bond acceptors (Lipinski definition) is 5. The number of carbonyl (C=O) groups is 1. The fraction of sp³-hybridized carbons (Fsp3) is 0.409. The first kappa shape index (κ1) is 17.4. The molecule has 1 aliphatic carbocycles. The standard InChI is InChI=1S/C22H23N3O3/c26-22(16-8-9-19-20(12-16)28-21(24-19)15-6-7-15)25(14-18-5-3-11-27-18)13-17-4-1-2-10-23-17/h1-2,4,8-10,12,15,18H,3,5-7,11,13-14H2. The van der Waals surface area contributed by atoms with E-state index in [-0.39, 0.29) is 12.0 Å². The average Bonchev–Trinajstić information content (AvgIpc) is 3.28. The molecule has 1 unspecified atom stereocenters. The molecule has 0 bridgehead atoms. The molecule has 3 aromatic rings. The Labute approximate surface area is 163 Å². The van der Waals surface area contributed by atoms with Gasteiger partial charge in [0.2, 0.25) is 0 Å². The van der Waals surface area contributed by atoms with Crippen molar-refractivity contribution in [2.45, 2.75) is 44.2 Å². The first-order chi connectivity index (χ1) is 13.8. The van der Waals surface area contributed by atoms with E-state index >= 15 is 0 Å². The summed E-state index contributed by atoms with van der Waals surface area (Å²) in [6.45, 7) is 1.79.